The van der Waals surface area contributed by atoms with Gasteiger partial charge in [-0.3, -0.25) is 0 Å². The maximum Gasteiger partial charge on any atom is 0.358 e. The zero-order chi connectivity index (χ0) is 11.3. The van der Waals surface area contributed by atoms with Crippen molar-refractivity contribution in [2.45, 2.75) is 6.61 Å². The zero-order valence-electron chi connectivity index (χ0n) is 9.17. The number of aliphatic hydroxyl groups is 1. The van der Waals surface area contributed by atoms with Crippen molar-refractivity contribution < 1.29 is 19.8 Å². The Morgan fingerprint density at radius 1 is 1.44 bits per heavy atom. The SMILES string of the molecule is CO/N=C(/C(=O)O)c1ccccc1CO.[Na]. The van der Waals surface area contributed by atoms with Gasteiger partial charge in [0.25, 0.3) is 0 Å². The average molecular weight is 232 g/mol. The molecule has 1 radical (unpaired) electrons. The van der Waals surface area contributed by atoms with Crippen LogP contribution < -0.4 is 0 Å². The van der Waals surface area contributed by atoms with Crippen molar-refractivity contribution in [2.24, 2.45) is 5.16 Å². The molecule has 1 aromatic rings. The van der Waals surface area contributed by atoms with Crippen LogP contribution in [0.5, 0.6) is 0 Å². The molecule has 0 aliphatic carbocycles. The number of benzene rings is 1. The summed E-state index contributed by atoms with van der Waals surface area (Å²) in [4.78, 5) is 15.3. The van der Waals surface area contributed by atoms with Crippen LogP contribution >= 0.6 is 0 Å². The molecule has 0 spiro atoms. The van der Waals surface area contributed by atoms with E-state index in [9.17, 15) is 4.79 Å². The van der Waals surface area contributed by atoms with Crippen molar-refractivity contribution in [1.82, 2.24) is 0 Å². The number of hydrogen-bond donors (Lipinski definition) is 2. The number of nitrogens with zero attached hydrogens (tertiary/aromatic N) is 1. The van der Waals surface area contributed by atoms with E-state index in [1.165, 1.54) is 7.11 Å². The van der Waals surface area contributed by atoms with Gasteiger partial charge in [-0.2, -0.15) is 0 Å². The van der Waals surface area contributed by atoms with E-state index in [1.807, 2.05) is 0 Å². The summed E-state index contributed by atoms with van der Waals surface area (Å²) in [6.45, 7) is -0.244. The van der Waals surface area contributed by atoms with Gasteiger partial charge >= 0.3 is 5.97 Å². The van der Waals surface area contributed by atoms with Crippen LogP contribution in [0.15, 0.2) is 29.4 Å². The van der Waals surface area contributed by atoms with Gasteiger partial charge in [-0.05, 0) is 5.56 Å². The molecular weight excluding hydrogens is 221 g/mol. The molecule has 16 heavy (non-hydrogen) atoms. The van der Waals surface area contributed by atoms with Gasteiger partial charge in [-0.15, -0.1) is 0 Å². The van der Waals surface area contributed by atoms with Gasteiger partial charge in [0.2, 0.25) is 0 Å². The summed E-state index contributed by atoms with van der Waals surface area (Å²) in [5, 5.41) is 21.3. The second-order valence-electron chi connectivity index (χ2n) is 2.74. The molecule has 0 unspecified atom stereocenters. The third-order valence-electron chi connectivity index (χ3n) is 1.83. The van der Waals surface area contributed by atoms with Crippen LogP contribution in [0.3, 0.4) is 0 Å². The molecule has 0 aliphatic rings. The first-order valence-corrected chi connectivity index (χ1v) is 4.24. The van der Waals surface area contributed by atoms with Crippen molar-refractivity contribution in [3.8, 4) is 0 Å². The fraction of sp³-hybridized carbons (Fsp3) is 0.200. The van der Waals surface area contributed by atoms with Crippen LogP contribution in [-0.2, 0) is 16.2 Å². The van der Waals surface area contributed by atoms with E-state index in [2.05, 4.69) is 9.99 Å². The Labute approximate surface area is 115 Å². The number of aliphatic carboxylic acids is 1. The van der Waals surface area contributed by atoms with E-state index in [0.29, 0.717) is 11.1 Å². The molecule has 5 nitrogen and oxygen atoms in total. The maximum absolute atomic E-state index is 10.9. The fourth-order valence-corrected chi connectivity index (χ4v) is 1.18. The average Bonchev–Trinajstić information content (AvgIpc) is 2.25. The fourth-order valence-electron chi connectivity index (χ4n) is 1.18. The molecule has 0 aromatic heterocycles. The van der Waals surface area contributed by atoms with E-state index >= 15 is 0 Å². The summed E-state index contributed by atoms with van der Waals surface area (Å²) in [6.07, 6.45) is 0. The van der Waals surface area contributed by atoms with E-state index in [4.69, 9.17) is 10.2 Å². The minimum atomic E-state index is -1.20. The number of rotatable bonds is 4. The maximum atomic E-state index is 10.9. The van der Waals surface area contributed by atoms with Gasteiger partial charge in [0, 0.05) is 35.1 Å². The standard InChI is InChI=1S/C10H11NO4.Na/c1-15-11-9(10(13)14)8-5-3-2-4-7(8)6-12;/h2-5,12H,6H2,1H3,(H,13,14);/b11-9+;. The molecule has 0 bridgehead atoms. The predicted molar refractivity (Wildman–Crippen MR) is 59.3 cm³/mol. The van der Waals surface area contributed by atoms with Crippen molar-refractivity contribution in [1.29, 1.82) is 0 Å². The molecule has 0 saturated heterocycles. The third kappa shape index (κ3) is 3.61. The van der Waals surface area contributed by atoms with Crippen molar-refractivity contribution >= 4 is 41.2 Å². The minimum absolute atomic E-state index is 0. The monoisotopic (exact) mass is 232 g/mol. The van der Waals surface area contributed by atoms with Gasteiger partial charge < -0.3 is 15.1 Å². The van der Waals surface area contributed by atoms with Gasteiger partial charge in [-0.1, -0.05) is 29.4 Å². The Morgan fingerprint density at radius 3 is 2.56 bits per heavy atom. The topological polar surface area (TPSA) is 79.1 Å². The number of carbonyl (C=O) groups is 1. The summed E-state index contributed by atoms with van der Waals surface area (Å²) >= 11 is 0. The molecule has 0 saturated carbocycles. The van der Waals surface area contributed by atoms with Crippen LogP contribution in [0, 0.1) is 0 Å². The second kappa shape index (κ2) is 7.40. The normalized spacial score (nSPS) is 10.5. The Bertz CT molecular complexity index is 392. The molecule has 0 amide bonds. The third-order valence-corrected chi connectivity index (χ3v) is 1.83. The van der Waals surface area contributed by atoms with Crippen molar-refractivity contribution in [2.75, 3.05) is 7.11 Å². The Morgan fingerprint density at radius 2 is 2.06 bits per heavy atom. The number of carboxylic acids is 1. The number of hydrogen-bond acceptors (Lipinski definition) is 4. The Balaban J connectivity index is 0.00000225. The molecular formula is C10H11NNaO4. The molecule has 0 heterocycles. The molecule has 6 heteroatoms. The smallest absolute Gasteiger partial charge is 0.358 e. The molecule has 0 fully saturated rings. The summed E-state index contributed by atoms with van der Waals surface area (Å²) in [5.74, 6) is -1.20. The van der Waals surface area contributed by atoms with E-state index in [-0.39, 0.29) is 41.9 Å². The minimum Gasteiger partial charge on any atom is -0.476 e. The predicted octanol–water partition coefficient (Wildman–Crippen LogP) is 0.233. The Hall–Kier alpha value is -0.880. The van der Waals surface area contributed by atoms with Crippen molar-refractivity contribution in [3.05, 3.63) is 35.4 Å². The van der Waals surface area contributed by atoms with Crippen LogP contribution in [0.25, 0.3) is 0 Å². The van der Waals surface area contributed by atoms with Gasteiger partial charge in [-0.25, -0.2) is 4.79 Å². The van der Waals surface area contributed by atoms with E-state index in [1.54, 1.807) is 24.3 Å². The van der Waals surface area contributed by atoms with Crippen LogP contribution in [0.2, 0.25) is 0 Å². The number of oxime groups is 1. The second-order valence-corrected chi connectivity index (χ2v) is 2.74. The summed E-state index contributed by atoms with van der Waals surface area (Å²) in [5.41, 5.74) is 0.632. The van der Waals surface area contributed by atoms with Gasteiger partial charge in [0.15, 0.2) is 5.71 Å². The first-order valence-electron chi connectivity index (χ1n) is 4.24. The zero-order valence-corrected chi connectivity index (χ0v) is 11.2. The first-order chi connectivity index (χ1) is 7.20. The molecule has 1 rings (SSSR count). The molecule has 0 atom stereocenters. The molecule has 1 aromatic carbocycles. The summed E-state index contributed by atoms with van der Waals surface area (Å²) in [6, 6.07) is 6.57. The van der Waals surface area contributed by atoms with Gasteiger partial charge in [0.1, 0.15) is 7.11 Å². The molecule has 81 valence electrons. The van der Waals surface area contributed by atoms with E-state index < -0.39 is 5.97 Å². The first kappa shape index (κ1) is 15.1. The Kier molecular flexibility index (Phi) is 7.00. The van der Waals surface area contributed by atoms with Gasteiger partial charge in [0.05, 0.1) is 6.61 Å². The van der Waals surface area contributed by atoms with Crippen LogP contribution in [0.1, 0.15) is 11.1 Å². The quantitative estimate of drug-likeness (QED) is 0.442. The van der Waals surface area contributed by atoms with Crippen molar-refractivity contribution in [3.63, 3.8) is 0 Å². The largest absolute Gasteiger partial charge is 0.476 e. The molecule has 0 aliphatic heterocycles. The number of carboxylic acid groups (broad SMARTS) is 1. The number of aliphatic hydroxyl groups excluding tert-OH is 1. The van der Waals surface area contributed by atoms with Crippen LogP contribution in [0.4, 0.5) is 0 Å². The summed E-state index contributed by atoms with van der Waals surface area (Å²) in [7, 11) is 1.27. The van der Waals surface area contributed by atoms with E-state index in [0.717, 1.165) is 0 Å². The summed E-state index contributed by atoms with van der Waals surface area (Å²) < 4.78 is 0. The molecule has 2 N–H and O–H groups in total. The van der Waals surface area contributed by atoms with Crippen LogP contribution in [-0.4, -0.2) is 58.6 Å².